The molecule has 0 fully saturated rings. The second-order valence-electron chi connectivity index (χ2n) is 3.91. The number of nitrogens with two attached hydrogens (primary N) is 1. The molecule has 0 aliphatic heterocycles. The van der Waals surface area contributed by atoms with Crippen molar-refractivity contribution in [1.29, 1.82) is 0 Å². The number of anilines is 1. The first-order valence-electron chi connectivity index (χ1n) is 5.65. The fourth-order valence-corrected chi connectivity index (χ4v) is 2.38. The van der Waals surface area contributed by atoms with Crippen LogP contribution in [0.5, 0.6) is 0 Å². The smallest absolute Gasteiger partial charge is 0.117 e. The molecule has 0 radical (unpaired) electrons. The summed E-state index contributed by atoms with van der Waals surface area (Å²) in [6.45, 7) is 3.04. The third kappa shape index (κ3) is 2.51. The molecule has 1 heterocycles. The predicted molar refractivity (Wildman–Crippen MR) is 71.0 cm³/mol. The van der Waals surface area contributed by atoms with E-state index in [1.165, 1.54) is 16.9 Å². The quantitative estimate of drug-likeness (QED) is 0.838. The monoisotopic (exact) mass is 235 g/mol. The van der Waals surface area contributed by atoms with Crippen molar-refractivity contribution in [2.45, 2.75) is 25.8 Å². The summed E-state index contributed by atoms with van der Waals surface area (Å²) >= 11 is 1.52. The highest BCUT2D eigenvalue weighted by Crippen LogP contribution is 2.26. The maximum Gasteiger partial charge on any atom is 0.117 e. The Labute approximate surface area is 99.8 Å². The number of rotatable bonds is 5. The zero-order valence-corrected chi connectivity index (χ0v) is 10.3. The van der Waals surface area contributed by atoms with Gasteiger partial charge in [-0.3, -0.25) is 0 Å². The molecule has 1 aromatic carbocycles. The minimum Gasteiger partial charge on any atom is -0.375 e. The number of hydrogen-bond donors (Lipinski definition) is 2. The first-order valence-corrected chi connectivity index (χ1v) is 6.42. The van der Waals surface area contributed by atoms with Crippen LogP contribution in [0.1, 0.15) is 19.8 Å². The number of nitrogens with one attached hydrogen (secondary N) is 1. The van der Waals surface area contributed by atoms with E-state index in [9.17, 15) is 0 Å². The largest absolute Gasteiger partial charge is 0.375 e. The molecule has 16 heavy (non-hydrogen) atoms. The molecule has 0 aliphatic rings. The topological polar surface area (TPSA) is 50.9 Å². The van der Waals surface area contributed by atoms with Gasteiger partial charge in [-0.2, -0.15) is 4.37 Å². The summed E-state index contributed by atoms with van der Waals surface area (Å²) in [4.78, 5) is 0. The van der Waals surface area contributed by atoms with Crippen LogP contribution in [0, 0.1) is 0 Å². The van der Waals surface area contributed by atoms with Crippen LogP contribution in [0.15, 0.2) is 24.3 Å². The normalized spacial score (nSPS) is 12.9. The van der Waals surface area contributed by atoms with Gasteiger partial charge in [-0.15, -0.1) is 0 Å². The van der Waals surface area contributed by atoms with E-state index in [0.29, 0.717) is 6.04 Å². The maximum atomic E-state index is 5.87. The van der Waals surface area contributed by atoms with Gasteiger partial charge >= 0.3 is 0 Å². The van der Waals surface area contributed by atoms with E-state index < -0.39 is 0 Å². The fourth-order valence-electron chi connectivity index (χ4n) is 1.59. The van der Waals surface area contributed by atoms with Crippen LogP contribution in [-0.4, -0.2) is 17.0 Å². The van der Waals surface area contributed by atoms with Gasteiger partial charge in [-0.25, -0.2) is 0 Å². The van der Waals surface area contributed by atoms with E-state index in [2.05, 4.69) is 22.7 Å². The highest BCUT2D eigenvalue weighted by Gasteiger charge is 2.04. The first-order chi connectivity index (χ1) is 7.81. The van der Waals surface area contributed by atoms with Gasteiger partial charge in [0.15, 0.2) is 0 Å². The van der Waals surface area contributed by atoms with Crippen LogP contribution in [0.2, 0.25) is 0 Å². The van der Waals surface area contributed by atoms with Gasteiger partial charge in [-0.05, 0) is 36.5 Å². The van der Waals surface area contributed by atoms with Crippen molar-refractivity contribution in [2.24, 2.45) is 5.73 Å². The zero-order valence-electron chi connectivity index (χ0n) is 9.44. The summed E-state index contributed by atoms with van der Waals surface area (Å²) in [5, 5.41) is 5.77. The number of nitrogens with zero attached hydrogens (tertiary/aromatic N) is 1. The molecule has 1 aromatic heterocycles. The molecule has 0 amide bonds. The van der Waals surface area contributed by atoms with Gasteiger partial charge < -0.3 is 11.1 Å². The summed E-state index contributed by atoms with van der Waals surface area (Å²) < 4.78 is 4.38. The second kappa shape index (κ2) is 5.27. The van der Waals surface area contributed by atoms with Crippen LogP contribution in [0.25, 0.3) is 10.9 Å². The van der Waals surface area contributed by atoms with Crippen molar-refractivity contribution >= 4 is 27.4 Å². The molecule has 2 aromatic rings. The molecule has 0 saturated carbocycles. The lowest BCUT2D eigenvalue weighted by molar-refractivity contribution is 0.614. The van der Waals surface area contributed by atoms with Gasteiger partial charge in [0.1, 0.15) is 5.00 Å². The minimum absolute atomic E-state index is 0.298. The Morgan fingerprint density at radius 2 is 2.25 bits per heavy atom. The molecule has 2 rings (SSSR count). The van der Waals surface area contributed by atoms with Gasteiger partial charge in [-0.1, -0.05) is 19.1 Å². The molecule has 0 bridgehead atoms. The zero-order chi connectivity index (χ0) is 11.4. The highest BCUT2D eigenvalue weighted by atomic mass is 32.1. The SMILES string of the molecule is CCC(N)CCNc1snc2ccccc12. The average Bonchev–Trinajstić information content (AvgIpc) is 2.73. The second-order valence-corrected chi connectivity index (χ2v) is 4.69. The van der Waals surface area contributed by atoms with E-state index in [1.807, 2.05) is 18.2 Å². The molecule has 86 valence electrons. The Morgan fingerprint density at radius 3 is 3.06 bits per heavy atom. The summed E-state index contributed by atoms with van der Waals surface area (Å²) in [6, 6.07) is 8.49. The Hall–Kier alpha value is -1.13. The third-order valence-electron chi connectivity index (χ3n) is 2.71. The molecule has 0 aliphatic carbocycles. The minimum atomic E-state index is 0.298. The van der Waals surface area contributed by atoms with Gasteiger partial charge in [0.05, 0.1) is 5.52 Å². The Kier molecular flexibility index (Phi) is 3.74. The molecule has 1 atom stereocenters. The van der Waals surface area contributed by atoms with E-state index in [0.717, 1.165) is 29.9 Å². The van der Waals surface area contributed by atoms with Crippen LogP contribution >= 0.6 is 11.5 Å². The summed E-state index contributed by atoms with van der Waals surface area (Å²) in [5.41, 5.74) is 6.94. The predicted octanol–water partition coefficient (Wildman–Crippen LogP) is 2.84. The molecule has 0 spiro atoms. The molecular formula is C12H17N3S. The average molecular weight is 235 g/mol. The Morgan fingerprint density at radius 1 is 1.44 bits per heavy atom. The third-order valence-corrected chi connectivity index (χ3v) is 3.54. The van der Waals surface area contributed by atoms with Crippen LogP contribution < -0.4 is 11.1 Å². The number of aromatic nitrogens is 1. The van der Waals surface area contributed by atoms with Crippen molar-refractivity contribution in [3.63, 3.8) is 0 Å². The maximum absolute atomic E-state index is 5.87. The van der Waals surface area contributed by atoms with Crippen LogP contribution in [0.3, 0.4) is 0 Å². The van der Waals surface area contributed by atoms with E-state index >= 15 is 0 Å². The van der Waals surface area contributed by atoms with E-state index in [-0.39, 0.29) is 0 Å². The number of hydrogen-bond acceptors (Lipinski definition) is 4. The highest BCUT2D eigenvalue weighted by molar-refractivity contribution is 7.11. The van der Waals surface area contributed by atoms with Gasteiger partial charge in [0.2, 0.25) is 0 Å². The van der Waals surface area contributed by atoms with Gasteiger partial charge in [0.25, 0.3) is 0 Å². The Balaban J connectivity index is 1.99. The van der Waals surface area contributed by atoms with Crippen molar-refractivity contribution in [3.05, 3.63) is 24.3 Å². The molecule has 3 nitrogen and oxygen atoms in total. The van der Waals surface area contributed by atoms with Crippen LogP contribution in [-0.2, 0) is 0 Å². The fraction of sp³-hybridized carbons (Fsp3) is 0.417. The van der Waals surface area contributed by atoms with Crippen molar-refractivity contribution in [2.75, 3.05) is 11.9 Å². The molecule has 0 saturated heterocycles. The lowest BCUT2D eigenvalue weighted by Crippen LogP contribution is -2.21. The van der Waals surface area contributed by atoms with Crippen molar-refractivity contribution < 1.29 is 0 Å². The Bertz CT molecular complexity index is 452. The molecule has 3 N–H and O–H groups in total. The molecule has 4 heteroatoms. The lowest BCUT2D eigenvalue weighted by Gasteiger charge is -2.08. The lowest BCUT2D eigenvalue weighted by atomic mass is 10.2. The standard InChI is InChI=1S/C12H17N3S/c1-2-9(13)7-8-14-12-10-5-3-4-6-11(10)15-16-12/h3-6,9,14H,2,7-8,13H2,1H3. The number of benzene rings is 1. The summed E-state index contributed by atoms with van der Waals surface area (Å²) in [7, 11) is 0. The number of fused-ring (bicyclic) bond motifs is 1. The first kappa shape index (κ1) is 11.4. The van der Waals surface area contributed by atoms with E-state index in [4.69, 9.17) is 5.73 Å². The van der Waals surface area contributed by atoms with Crippen molar-refractivity contribution in [1.82, 2.24) is 4.37 Å². The van der Waals surface area contributed by atoms with Crippen LogP contribution in [0.4, 0.5) is 5.00 Å². The van der Waals surface area contributed by atoms with E-state index in [1.54, 1.807) is 0 Å². The molecular weight excluding hydrogens is 218 g/mol. The summed E-state index contributed by atoms with van der Waals surface area (Å²) in [6.07, 6.45) is 2.04. The molecule has 1 unspecified atom stereocenters. The van der Waals surface area contributed by atoms with Crippen molar-refractivity contribution in [3.8, 4) is 0 Å². The van der Waals surface area contributed by atoms with Gasteiger partial charge in [0, 0.05) is 18.0 Å². The summed E-state index contributed by atoms with van der Waals surface area (Å²) in [5.74, 6) is 0.